The van der Waals surface area contributed by atoms with Crippen LogP contribution < -0.4 is 0 Å². The second-order valence-corrected chi connectivity index (χ2v) is 7.18. The maximum atomic E-state index is 12.7. The van der Waals surface area contributed by atoms with Crippen LogP contribution in [-0.4, -0.2) is 59.6 Å². The summed E-state index contributed by atoms with van der Waals surface area (Å²) in [5.74, 6) is 0.355. The van der Waals surface area contributed by atoms with Crippen molar-refractivity contribution in [3.8, 4) is 0 Å². The number of hydrogen-bond acceptors (Lipinski definition) is 4. The molecule has 1 amide bonds. The van der Waals surface area contributed by atoms with E-state index < -0.39 is 0 Å². The van der Waals surface area contributed by atoms with Gasteiger partial charge in [-0.3, -0.25) is 9.78 Å². The highest BCUT2D eigenvalue weighted by Crippen LogP contribution is 2.43. The van der Waals surface area contributed by atoms with Gasteiger partial charge in [-0.1, -0.05) is 6.07 Å². The first-order valence-corrected chi connectivity index (χ1v) is 8.77. The van der Waals surface area contributed by atoms with Crippen molar-refractivity contribution in [3.05, 3.63) is 30.1 Å². The lowest BCUT2D eigenvalue weighted by atomic mass is 9.70. The molecule has 0 radical (unpaired) electrons. The molecule has 4 rings (SSSR count). The lowest BCUT2D eigenvalue weighted by molar-refractivity contribution is -0.167. The summed E-state index contributed by atoms with van der Waals surface area (Å²) in [6.45, 7) is 5.54. The number of likely N-dealkylation sites (tertiary alicyclic amines) is 2. The van der Waals surface area contributed by atoms with Gasteiger partial charge in [0.05, 0.1) is 5.41 Å². The van der Waals surface area contributed by atoms with Gasteiger partial charge in [-0.05, 0) is 50.4 Å². The molecule has 124 valence electrons. The Hall–Kier alpha value is -1.46. The van der Waals surface area contributed by atoms with Crippen LogP contribution in [0.25, 0.3) is 0 Å². The van der Waals surface area contributed by atoms with Gasteiger partial charge in [0.1, 0.15) is 0 Å². The standard InChI is InChI=1S/C18H25N3O2/c22-17-18(14-21(17)13-15-2-1-7-19-12-15)5-8-20(9-6-18)16-3-10-23-11-4-16/h1-2,7,12,16H,3-6,8-11,13-14H2. The normalized spacial score (nSPS) is 25.6. The Morgan fingerprint density at radius 2 is 2.04 bits per heavy atom. The molecule has 0 N–H and O–H groups in total. The van der Waals surface area contributed by atoms with Crippen molar-refractivity contribution >= 4 is 5.91 Å². The molecule has 1 aromatic rings. The van der Waals surface area contributed by atoms with Crippen LogP contribution in [0.5, 0.6) is 0 Å². The van der Waals surface area contributed by atoms with Crippen molar-refractivity contribution in [2.24, 2.45) is 5.41 Å². The van der Waals surface area contributed by atoms with Crippen molar-refractivity contribution in [2.45, 2.75) is 38.3 Å². The summed E-state index contributed by atoms with van der Waals surface area (Å²) < 4.78 is 5.46. The smallest absolute Gasteiger partial charge is 0.231 e. The Bertz CT molecular complexity index is 549. The van der Waals surface area contributed by atoms with E-state index in [9.17, 15) is 4.79 Å². The molecule has 23 heavy (non-hydrogen) atoms. The van der Waals surface area contributed by atoms with Crippen LogP contribution in [0.4, 0.5) is 0 Å². The molecule has 0 saturated carbocycles. The van der Waals surface area contributed by atoms with Crippen molar-refractivity contribution in [1.29, 1.82) is 0 Å². The molecular weight excluding hydrogens is 290 g/mol. The number of rotatable bonds is 3. The quantitative estimate of drug-likeness (QED) is 0.796. The number of hydrogen-bond donors (Lipinski definition) is 0. The number of β-lactam (4-membered cyclic amide) rings is 1. The maximum Gasteiger partial charge on any atom is 0.231 e. The SMILES string of the molecule is O=C1N(Cc2cccnc2)CC12CCN(C1CCOCC1)CC2. The zero-order chi connectivity index (χ0) is 15.7. The minimum Gasteiger partial charge on any atom is -0.381 e. The predicted octanol–water partition coefficient (Wildman–Crippen LogP) is 1.68. The third-order valence-corrected chi connectivity index (χ3v) is 5.79. The highest BCUT2D eigenvalue weighted by Gasteiger charge is 2.53. The first-order chi connectivity index (χ1) is 11.3. The highest BCUT2D eigenvalue weighted by molar-refractivity contribution is 5.88. The first-order valence-electron chi connectivity index (χ1n) is 8.77. The summed E-state index contributed by atoms with van der Waals surface area (Å²) in [5, 5.41) is 0. The van der Waals surface area contributed by atoms with E-state index in [1.807, 2.05) is 23.2 Å². The fourth-order valence-electron chi connectivity index (χ4n) is 4.33. The van der Waals surface area contributed by atoms with Gasteiger partial charge in [-0.15, -0.1) is 0 Å². The second-order valence-electron chi connectivity index (χ2n) is 7.18. The monoisotopic (exact) mass is 315 g/mol. The molecule has 0 aromatic carbocycles. The first kappa shape index (κ1) is 15.1. The number of amides is 1. The lowest BCUT2D eigenvalue weighted by Crippen LogP contribution is -2.64. The van der Waals surface area contributed by atoms with Gasteiger partial charge in [-0.2, -0.15) is 0 Å². The van der Waals surface area contributed by atoms with Crippen LogP contribution in [0.3, 0.4) is 0 Å². The minimum absolute atomic E-state index is 0.0656. The van der Waals surface area contributed by atoms with Gasteiger partial charge >= 0.3 is 0 Å². The molecule has 3 aliphatic rings. The lowest BCUT2D eigenvalue weighted by Gasteiger charge is -2.53. The van der Waals surface area contributed by atoms with Gasteiger partial charge in [0.25, 0.3) is 0 Å². The van der Waals surface area contributed by atoms with E-state index in [1.54, 1.807) is 6.20 Å². The van der Waals surface area contributed by atoms with Gasteiger partial charge in [0.15, 0.2) is 0 Å². The molecule has 3 aliphatic heterocycles. The van der Waals surface area contributed by atoms with Crippen LogP contribution in [-0.2, 0) is 16.1 Å². The summed E-state index contributed by atoms with van der Waals surface area (Å²) in [7, 11) is 0. The molecule has 0 bridgehead atoms. The Morgan fingerprint density at radius 1 is 1.26 bits per heavy atom. The third kappa shape index (κ3) is 2.88. The second kappa shape index (κ2) is 6.21. The molecule has 3 saturated heterocycles. The number of carbonyl (C=O) groups excluding carboxylic acids is 1. The van der Waals surface area contributed by atoms with Gasteiger partial charge in [0.2, 0.25) is 5.91 Å². The molecule has 4 heterocycles. The molecule has 0 unspecified atom stereocenters. The average molecular weight is 315 g/mol. The number of carbonyl (C=O) groups is 1. The van der Waals surface area contributed by atoms with Crippen molar-refractivity contribution in [1.82, 2.24) is 14.8 Å². The zero-order valence-corrected chi connectivity index (χ0v) is 13.6. The number of pyridine rings is 1. The van der Waals surface area contributed by atoms with Crippen LogP contribution >= 0.6 is 0 Å². The third-order valence-electron chi connectivity index (χ3n) is 5.79. The van der Waals surface area contributed by atoms with E-state index in [0.29, 0.717) is 18.5 Å². The molecule has 5 nitrogen and oxygen atoms in total. The van der Waals surface area contributed by atoms with E-state index in [0.717, 1.165) is 64.1 Å². The van der Waals surface area contributed by atoms with Crippen molar-refractivity contribution in [3.63, 3.8) is 0 Å². The summed E-state index contributed by atoms with van der Waals surface area (Å²) in [4.78, 5) is 21.4. The summed E-state index contributed by atoms with van der Waals surface area (Å²) >= 11 is 0. The van der Waals surface area contributed by atoms with Crippen molar-refractivity contribution in [2.75, 3.05) is 32.8 Å². The number of aromatic nitrogens is 1. The molecule has 1 spiro atoms. The predicted molar refractivity (Wildman–Crippen MR) is 86.7 cm³/mol. The van der Waals surface area contributed by atoms with Crippen LogP contribution in [0.15, 0.2) is 24.5 Å². The molecule has 0 atom stereocenters. The molecule has 3 fully saturated rings. The van der Waals surface area contributed by atoms with E-state index in [2.05, 4.69) is 9.88 Å². The largest absolute Gasteiger partial charge is 0.381 e. The Kier molecular flexibility index (Phi) is 4.07. The highest BCUT2D eigenvalue weighted by atomic mass is 16.5. The van der Waals surface area contributed by atoms with Crippen LogP contribution in [0.2, 0.25) is 0 Å². The van der Waals surface area contributed by atoms with E-state index in [1.165, 1.54) is 0 Å². The van der Waals surface area contributed by atoms with E-state index in [-0.39, 0.29) is 5.41 Å². The summed E-state index contributed by atoms with van der Waals surface area (Å²) in [6, 6.07) is 4.64. The van der Waals surface area contributed by atoms with Crippen molar-refractivity contribution < 1.29 is 9.53 Å². The Balaban J connectivity index is 1.31. The fourth-order valence-corrected chi connectivity index (χ4v) is 4.33. The summed E-state index contributed by atoms with van der Waals surface area (Å²) in [6.07, 6.45) is 7.96. The molecule has 0 aliphatic carbocycles. The van der Waals surface area contributed by atoms with Crippen LogP contribution in [0, 0.1) is 5.41 Å². The van der Waals surface area contributed by atoms with Gasteiger partial charge < -0.3 is 14.5 Å². The maximum absolute atomic E-state index is 12.7. The van der Waals surface area contributed by atoms with Crippen LogP contribution in [0.1, 0.15) is 31.2 Å². The molecule has 1 aromatic heterocycles. The van der Waals surface area contributed by atoms with Gasteiger partial charge in [0, 0.05) is 44.7 Å². The van der Waals surface area contributed by atoms with E-state index in [4.69, 9.17) is 4.74 Å². The Morgan fingerprint density at radius 3 is 2.70 bits per heavy atom. The summed E-state index contributed by atoms with van der Waals surface area (Å²) in [5.41, 5.74) is 1.06. The van der Waals surface area contributed by atoms with Gasteiger partial charge in [-0.25, -0.2) is 0 Å². The number of ether oxygens (including phenoxy) is 1. The molecular formula is C18H25N3O2. The number of nitrogens with zero attached hydrogens (tertiary/aromatic N) is 3. The zero-order valence-electron chi connectivity index (χ0n) is 13.6. The average Bonchev–Trinajstić information content (AvgIpc) is 2.63. The minimum atomic E-state index is -0.0656. The topological polar surface area (TPSA) is 45.7 Å². The van der Waals surface area contributed by atoms with E-state index >= 15 is 0 Å². The Labute approximate surface area is 137 Å². The fraction of sp³-hybridized carbons (Fsp3) is 0.667. The number of piperidine rings is 1. The molecule has 5 heteroatoms.